The van der Waals surface area contributed by atoms with Gasteiger partial charge in [0.15, 0.2) is 22.8 Å². The van der Waals surface area contributed by atoms with E-state index in [1.54, 1.807) is 80.9 Å². The second-order valence-corrected chi connectivity index (χ2v) is 8.02. The molecule has 0 aromatic heterocycles. The highest BCUT2D eigenvalue weighted by molar-refractivity contribution is 6.13. The summed E-state index contributed by atoms with van der Waals surface area (Å²) in [7, 11) is 3.08. The van der Waals surface area contributed by atoms with Crippen LogP contribution < -0.4 is 24.3 Å². The Kier molecular flexibility index (Phi) is 5.52. The molecule has 0 radical (unpaired) electrons. The minimum atomic E-state index is -1.52. The average Bonchev–Trinajstić information content (AvgIpc) is 3.47. The number of benzene rings is 3. The molecule has 5 rings (SSSR count). The Bertz CT molecular complexity index is 1250. The Labute approximate surface area is 201 Å². The van der Waals surface area contributed by atoms with E-state index < -0.39 is 29.8 Å². The van der Waals surface area contributed by atoms with Gasteiger partial charge in [0.05, 0.1) is 20.8 Å². The number of rotatable bonds is 7. The van der Waals surface area contributed by atoms with Gasteiger partial charge in [0.1, 0.15) is 11.5 Å². The molecule has 35 heavy (non-hydrogen) atoms. The lowest BCUT2D eigenvalue weighted by molar-refractivity contribution is -0.129. The minimum Gasteiger partial charge on any atom is -0.497 e. The van der Waals surface area contributed by atoms with Crippen molar-refractivity contribution in [2.24, 2.45) is 0 Å². The van der Waals surface area contributed by atoms with Gasteiger partial charge in [-0.05, 0) is 53.6 Å². The van der Waals surface area contributed by atoms with Crippen LogP contribution in [0.2, 0.25) is 0 Å². The van der Waals surface area contributed by atoms with Gasteiger partial charge >= 0.3 is 6.03 Å². The Morgan fingerprint density at radius 2 is 1.46 bits per heavy atom. The van der Waals surface area contributed by atoms with Gasteiger partial charge < -0.3 is 24.3 Å². The van der Waals surface area contributed by atoms with Gasteiger partial charge in [0.25, 0.3) is 5.91 Å². The summed E-state index contributed by atoms with van der Waals surface area (Å²) in [5.74, 6) is 1.21. The molecule has 3 aromatic rings. The third-order valence-corrected chi connectivity index (χ3v) is 6.15. The summed E-state index contributed by atoms with van der Waals surface area (Å²) in [5, 5.41) is 2.83. The van der Waals surface area contributed by atoms with Crippen LogP contribution in [-0.2, 0) is 10.3 Å². The highest BCUT2D eigenvalue weighted by Crippen LogP contribution is 2.38. The van der Waals surface area contributed by atoms with Crippen LogP contribution in [0.1, 0.15) is 21.5 Å². The quantitative estimate of drug-likeness (QED) is 0.415. The van der Waals surface area contributed by atoms with E-state index in [4.69, 9.17) is 18.9 Å². The number of hydrogen-bond acceptors (Lipinski definition) is 7. The second kappa shape index (κ2) is 8.68. The smallest absolute Gasteiger partial charge is 0.325 e. The molecular weight excluding hydrogens is 452 g/mol. The largest absolute Gasteiger partial charge is 0.497 e. The summed E-state index contributed by atoms with van der Waals surface area (Å²) in [6.45, 7) is -0.357. The lowest BCUT2D eigenvalue weighted by atomic mass is 9.82. The molecule has 0 aliphatic carbocycles. The van der Waals surface area contributed by atoms with Crippen LogP contribution in [0.4, 0.5) is 4.79 Å². The fourth-order valence-corrected chi connectivity index (χ4v) is 4.26. The van der Waals surface area contributed by atoms with E-state index in [1.165, 1.54) is 0 Å². The number of nitrogens with zero attached hydrogens (tertiary/aromatic N) is 1. The third-order valence-electron chi connectivity index (χ3n) is 6.15. The van der Waals surface area contributed by atoms with E-state index in [0.717, 1.165) is 4.90 Å². The molecule has 9 nitrogen and oxygen atoms in total. The second-order valence-electron chi connectivity index (χ2n) is 8.02. The van der Waals surface area contributed by atoms with Crippen molar-refractivity contribution in [3.8, 4) is 23.0 Å². The number of ketones is 1. The van der Waals surface area contributed by atoms with Gasteiger partial charge in [-0.1, -0.05) is 24.3 Å². The number of urea groups is 1. The molecule has 0 spiro atoms. The van der Waals surface area contributed by atoms with Crippen molar-refractivity contribution in [2.45, 2.75) is 5.54 Å². The number of nitrogens with one attached hydrogen (secondary N) is 1. The van der Waals surface area contributed by atoms with Gasteiger partial charge in [0.2, 0.25) is 6.79 Å². The zero-order valence-corrected chi connectivity index (χ0v) is 19.1. The number of fused-ring (bicyclic) bond motifs is 1. The van der Waals surface area contributed by atoms with Crippen molar-refractivity contribution in [2.75, 3.05) is 27.6 Å². The zero-order chi connectivity index (χ0) is 24.6. The fourth-order valence-electron chi connectivity index (χ4n) is 4.26. The molecule has 1 fully saturated rings. The van der Waals surface area contributed by atoms with Crippen molar-refractivity contribution < 1.29 is 33.3 Å². The van der Waals surface area contributed by atoms with E-state index >= 15 is 0 Å². The van der Waals surface area contributed by atoms with Crippen molar-refractivity contribution in [1.29, 1.82) is 0 Å². The highest BCUT2D eigenvalue weighted by atomic mass is 16.7. The molecule has 1 saturated heterocycles. The minimum absolute atomic E-state index is 0.0756. The van der Waals surface area contributed by atoms with E-state index in [-0.39, 0.29) is 6.79 Å². The van der Waals surface area contributed by atoms with Crippen LogP contribution in [-0.4, -0.2) is 50.2 Å². The van der Waals surface area contributed by atoms with Crippen molar-refractivity contribution >= 4 is 17.7 Å². The number of carbonyl (C=O) groups is 3. The van der Waals surface area contributed by atoms with Crippen molar-refractivity contribution in [3.63, 3.8) is 0 Å². The van der Waals surface area contributed by atoms with Gasteiger partial charge in [-0.25, -0.2) is 4.79 Å². The highest BCUT2D eigenvalue weighted by Gasteiger charge is 2.54. The maximum atomic E-state index is 13.9. The van der Waals surface area contributed by atoms with Crippen LogP contribution in [0.3, 0.4) is 0 Å². The predicted octanol–water partition coefficient (Wildman–Crippen LogP) is 3.11. The first-order valence-corrected chi connectivity index (χ1v) is 10.8. The number of Topliss-reactive ketones (excluding diaryl/α,β-unsaturated/α-hetero) is 1. The zero-order valence-electron chi connectivity index (χ0n) is 19.1. The summed E-state index contributed by atoms with van der Waals surface area (Å²) >= 11 is 0. The third kappa shape index (κ3) is 3.71. The number of ether oxygens (including phenoxy) is 4. The molecular formula is C26H22N2O7. The number of carbonyl (C=O) groups excluding carboxylic acids is 3. The molecule has 0 saturated carbocycles. The Hall–Kier alpha value is -4.53. The van der Waals surface area contributed by atoms with E-state index in [2.05, 4.69) is 5.32 Å². The predicted molar refractivity (Wildman–Crippen MR) is 124 cm³/mol. The number of methoxy groups -OCH3 is 2. The van der Waals surface area contributed by atoms with Crippen LogP contribution >= 0.6 is 0 Å². The molecule has 0 atom stereocenters. The average molecular weight is 474 g/mol. The van der Waals surface area contributed by atoms with E-state index in [0.29, 0.717) is 39.7 Å². The maximum Gasteiger partial charge on any atom is 0.325 e. The first-order chi connectivity index (χ1) is 17.0. The summed E-state index contributed by atoms with van der Waals surface area (Å²) in [4.78, 5) is 41.0. The molecule has 3 amide bonds. The normalized spacial score (nSPS) is 15.7. The standard InChI is InChI=1S/C26H22N2O7/c1-32-19-8-4-17(5-9-19)26(18-6-10-20(33-2)11-7-18)24(30)28(25(31)27-26)14-21(29)16-3-12-22-23(13-16)35-15-34-22/h3-13H,14-15H2,1-2H3,(H,27,31). The lowest BCUT2D eigenvalue weighted by Gasteiger charge is -2.28. The van der Waals surface area contributed by atoms with Gasteiger partial charge in [-0.3, -0.25) is 14.5 Å². The first-order valence-electron chi connectivity index (χ1n) is 10.8. The molecule has 178 valence electrons. The van der Waals surface area contributed by atoms with Gasteiger partial charge in [-0.15, -0.1) is 0 Å². The molecule has 0 bridgehead atoms. The van der Waals surface area contributed by atoms with E-state index in [1.807, 2.05) is 0 Å². The summed E-state index contributed by atoms with van der Waals surface area (Å²) in [6.07, 6.45) is 0. The molecule has 2 aliphatic heterocycles. The molecule has 1 N–H and O–H groups in total. The van der Waals surface area contributed by atoms with Crippen LogP contribution in [0, 0.1) is 0 Å². The van der Waals surface area contributed by atoms with Crippen LogP contribution in [0.5, 0.6) is 23.0 Å². The number of hydrogen-bond donors (Lipinski definition) is 1. The van der Waals surface area contributed by atoms with Crippen LogP contribution in [0.25, 0.3) is 0 Å². The van der Waals surface area contributed by atoms with E-state index in [9.17, 15) is 14.4 Å². The molecule has 0 unspecified atom stereocenters. The van der Waals surface area contributed by atoms with Crippen molar-refractivity contribution in [3.05, 3.63) is 83.4 Å². The summed E-state index contributed by atoms with van der Waals surface area (Å²) in [5.41, 5.74) is -0.161. The molecule has 9 heteroatoms. The Morgan fingerprint density at radius 3 is 2.03 bits per heavy atom. The maximum absolute atomic E-state index is 13.9. The number of imide groups is 1. The molecule has 2 aliphatic rings. The Balaban J connectivity index is 1.51. The summed E-state index contributed by atoms with van der Waals surface area (Å²) in [6, 6.07) is 17.8. The molecule has 3 aromatic carbocycles. The summed E-state index contributed by atoms with van der Waals surface area (Å²) < 4.78 is 21.1. The lowest BCUT2D eigenvalue weighted by Crippen LogP contribution is -2.45. The van der Waals surface area contributed by atoms with Gasteiger partial charge in [-0.2, -0.15) is 0 Å². The fraction of sp³-hybridized carbons (Fsp3) is 0.192. The first kappa shape index (κ1) is 22.3. The van der Waals surface area contributed by atoms with Gasteiger partial charge in [0, 0.05) is 5.56 Å². The molecule has 2 heterocycles. The monoisotopic (exact) mass is 474 g/mol. The Morgan fingerprint density at radius 1 is 0.886 bits per heavy atom. The van der Waals surface area contributed by atoms with Crippen molar-refractivity contribution in [1.82, 2.24) is 10.2 Å². The topological polar surface area (TPSA) is 103 Å². The SMILES string of the molecule is COc1ccc(C2(c3ccc(OC)cc3)NC(=O)N(CC(=O)c3ccc4c(c3)OCO4)C2=O)cc1. The van der Waals surface area contributed by atoms with Crippen LogP contribution in [0.15, 0.2) is 66.7 Å². The number of amides is 3.